The Labute approximate surface area is 137 Å². The number of nitrogens with zero attached hydrogens (tertiary/aromatic N) is 1. The van der Waals surface area contributed by atoms with E-state index >= 15 is 0 Å². The van der Waals surface area contributed by atoms with Gasteiger partial charge in [-0.2, -0.15) is 0 Å². The Balaban J connectivity index is 1.72. The number of aryl methyl sites for hydroxylation is 1. The van der Waals surface area contributed by atoms with Crippen molar-refractivity contribution in [2.24, 2.45) is 0 Å². The lowest BCUT2D eigenvalue weighted by molar-refractivity contribution is 0.00578. The highest BCUT2D eigenvalue weighted by atomic mass is 16.7. The Morgan fingerprint density at radius 3 is 2.04 bits per heavy atom. The third kappa shape index (κ3) is 3.26. The largest absolute Gasteiger partial charge is 0.494 e. The zero-order valence-electron chi connectivity index (χ0n) is 14.3. The van der Waals surface area contributed by atoms with Gasteiger partial charge in [-0.05, 0) is 57.8 Å². The number of benzene rings is 1. The molecule has 5 heteroatoms. The van der Waals surface area contributed by atoms with Crippen LogP contribution in [0.4, 0.5) is 0 Å². The molecular formula is C18H22BNO3. The number of hydrogen-bond donors (Lipinski definition) is 0. The van der Waals surface area contributed by atoms with Crippen molar-refractivity contribution in [1.29, 1.82) is 0 Å². The average Bonchev–Trinajstić information content (AvgIpc) is 2.71. The first kappa shape index (κ1) is 16.0. The minimum atomic E-state index is -0.355. The monoisotopic (exact) mass is 311 g/mol. The molecule has 0 atom stereocenters. The van der Waals surface area contributed by atoms with E-state index in [-0.39, 0.29) is 18.3 Å². The second-order valence-electron chi connectivity index (χ2n) is 6.93. The average molecular weight is 311 g/mol. The standard InChI is InChI=1S/C18H22BNO3/c1-13-6-11-16(20-12-13)21-15-9-7-14(8-10-15)19-22-17(2,3)18(4,5)23-19/h6-12H,1-5H3. The van der Waals surface area contributed by atoms with Crippen LogP contribution in [0.5, 0.6) is 11.6 Å². The van der Waals surface area contributed by atoms with E-state index in [2.05, 4.69) is 4.98 Å². The summed E-state index contributed by atoms with van der Waals surface area (Å²) in [4.78, 5) is 4.24. The van der Waals surface area contributed by atoms with Crippen LogP contribution in [0.1, 0.15) is 33.3 Å². The summed E-state index contributed by atoms with van der Waals surface area (Å²) in [6.07, 6.45) is 1.79. The second kappa shape index (κ2) is 5.66. The molecule has 1 aromatic carbocycles. The van der Waals surface area contributed by atoms with Gasteiger partial charge in [0.2, 0.25) is 5.88 Å². The van der Waals surface area contributed by atoms with E-state index in [1.807, 2.05) is 71.0 Å². The zero-order chi connectivity index (χ0) is 16.7. The molecule has 0 spiro atoms. The molecule has 2 heterocycles. The van der Waals surface area contributed by atoms with Crippen LogP contribution >= 0.6 is 0 Å². The van der Waals surface area contributed by atoms with Crippen molar-refractivity contribution in [1.82, 2.24) is 4.98 Å². The van der Waals surface area contributed by atoms with E-state index in [1.165, 1.54) is 0 Å². The van der Waals surface area contributed by atoms with Gasteiger partial charge in [0.05, 0.1) is 11.2 Å². The van der Waals surface area contributed by atoms with Crippen LogP contribution in [0.2, 0.25) is 0 Å². The molecule has 120 valence electrons. The van der Waals surface area contributed by atoms with E-state index in [9.17, 15) is 0 Å². The molecular weight excluding hydrogens is 289 g/mol. The Kier molecular flexibility index (Phi) is 3.94. The van der Waals surface area contributed by atoms with Crippen molar-refractivity contribution in [3.8, 4) is 11.6 Å². The van der Waals surface area contributed by atoms with Gasteiger partial charge >= 0.3 is 7.12 Å². The maximum atomic E-state index is 6.05. The summed E-state index contributed by atoms with van der Waals surface area (Å²) < 4.78 is 17.8. The van der Waals surface area contributed by atoms with Crippen LogP contribution in [0.15, 0.2) is 42.6 Å². The third-order valence-electron chi connectivity index (χ3n) is 4.51. The summed E-state index contributed by atoms with van der Waals surface area (Å²) in [5.74, 6) is 1.32. The van der Waals surface area contributed by atoms with Gasteiger partial charge in [-0.1, -0.05) is 18.2 Å². The lowest BCUT2D eigenvalue weighted by Crippen LogP contribution is -2.41. The number of aromatic nitrogens is 1. The van der Waals surface area contributed by atoms with Gasteiger partial charge in [0.25, 0.3) is 0 Å². The van der Waals surface area contributed by atoms with Gasteiger partial charge < -0.3 is 14.0 Å². The molecule has 1 aliphatic rings. The number of rotatable bonds is 3. The highest BCUT2D eigenvalue weighted by Crippen LogP contribution is 2.36. The lowest BCUT2D eigenvalue weighted by atomic mass is 9.79. The Morgan fingerprint density at radius 1 is 0.913 bits per heavy atom. The van der Waals surface area contributed by atoms with Crippen LogP contribution in [0.25, 0.3) is 0 Å². The molecule has 4 nitrogen and oxygen atoms in total. The van der Waals surface area contributed by atoms with E-state index in [0.29, 0.717) is 5.88 Å². The van der Waals surface area contributed by atoms with Crippen molar-refractivity contribution in [2.75, 3.05) is 0 Å². The Hall–Kier alpha value is -1.85. The molecule has 3 rings (SSSR count). The van der Waals surface area contributed by atoms with Crippen molar-refractivity contribution in [3.63, 3.8) is 0 Å². The fourth-order valence-electron chi connectivity index (χ4n) is 2.31. The van der Waals surface area contributed by atoms with Crippen LogP contribution in [-0.2, 0) is 9.31 Å². The predicted molar refractivity (Wildman–Crippen MR) is 91.2 cm³/mol. The summed E-state index contributed by atoms with van der Waals surface area (Å²) >= 11 is 0. The first-order chi connectivity index (χ1) is 10.8. The van der Waals surface area contributed by atoms with Crippen molar-refractivity contribution >= 4 is 12.6 Å². The molecule has 0 N–H and O–H groups in total. The van der Waals surface area contributed by atoms with Crippen molar-refractivity contribution < 1.29 is 14.0 Å². The van der Waals surface area contributed by atoms with E-state index in [1.54, 1.807) is 6.20 Å². The first-order valence-corrected chi connectivity index (χ1v) is 7.83. The van der Waals surface area contributed by atoms with Crippen molar-refractivity contribution in [3.05, 3.63) is 48.2 Å². The zero-order valence-corrected chi connectivity index (χ0v) is 14.3. The second-order valence-corrected chi connectivity index (χ2v) is 6.93. The minimum absolute atomic E-state index is 0.335. The molecule has 1 saturated heterocycles. The molecule has 1 fully saturated rings. The Morgan fingerprint density at radius 2 is 1.52 bits per heavy atom. The highest BCUT2D eigenvalue weighted by Gasteiger charge is 2.51. The summed E-state index contributed by atoms with van der Waals surface area (Å²) in [6, 6.07) is 11.6. The van der Waals surface area contributed by atoms with Gasteiger partial charge in [-0.25, -0.2) is 4.98 Å². The van der Waals surface area contributed by atoms with Gasteiger partial charge in [0, 0.05) is 12.3 Å². The molecule has 0 aliphatic carbocycles. The Bertz CT molecular complexity index is 664. The molecule has 0 unspecified atom stereocenters. The maximum Gasteiger partial charge on any atom is 0.494 e. The number of pyridine rings is 1. The molecule has 0 radical (unpaired) electrons. The molecule has 1 aromatic heterocycles. The predicted octanol–water partition coefficient (Wildman–Crippen LogP) is 3.48. The first-order valence-electron chi connectivity index (χ1n) is 7.83. The summed E-state index contributed by atoms with van der Waals surface area (Å²) in [7, 11) is -0.355. The topological polar surface area (TPSA) is 40.6 Å². The van der Waals surface area contributed by atoms with Crippen molar-refractivity contribution in [2.45, 2.75) is 45.8 Å². The summed E-state index contributed by atoms with van der Waals surface area (Å²) in [5, 5.41) is 0. The smallest absolute Gasteiger partial charge is 0.439 e. The highest BCUT2D eigenvalue weighted by molar-refractivity contribution is 6.62. The molecule has 0 amide bonds. The van der Waals surface area contributed by atoms with E-state index < -0.39 is 0 Å². The number of hydrogen-bond acceptors (Lipinski definition) is 4. The van der Waals surface area contributed by atoms with E-state index in [4.69, 9.17) is 14.0 Å². The van der Waals surface area contributed by atoms with Gasteiger partial charge in [0.15, 0.2) is 0 Å². The van der Waals surface area contributed by atoms with E-state index in [0.717, 1.165) is 16.8 Å². The maximum absolute atomic E-state index is 6.05. The molecule has 23 heavy (non-hydrogen) atoms. The molecule has 0 saturated carbocycles. The normalized spacial score (nSPS) is 18.9. The van der Waals surface area contributed by atoms with Crippen LogP contribution in [0.3, 0.4) is 0 Å². The fraction of sp³-hybridized carbons (Fsp3) is 0.389. The number of ether oxygens (including phenoxy) is 1. The lowest BCUT2D eigenvalue weighted by Gasteiger charge is -2.32. The van der Waals surface area contributed by atoms with Crippen LogP contribution in [-0.4, -0.2) is 23.3 Å². The minimum Gasteiger partial charge on any atom is -0.439 e. The SMILES string of the molecule is Cc1ccc(Oc2ccc(B3OC(C)(C)C(C)(C)O3)cc2)nc1. The molecule has 2 aromatic rings. The fourth-order valence-corrected chi connectivity index (χ4v) is 2.31. The van der Waals surface area contributed by atoms with Gasteiger partial charge in [-0.15, -0.1) is 0 Å². The molecule has 0 bridgehead atoms. The molecule has 1 aliphatic heterocycles. The van der Waals surface area contributed by atoms with Crippen LogP contribution in [0, 0.1) is 6.92 Å². The van der Waals surface area contributed by atoms with Crippen LogP contribution < -0.4 is 10.2 Å². The van der Waals surface area contributed by atoms with Gasteiger partial charge in [-0.3, -0.25) is 0 Å². The summed E-state index contributed by atoms with van der Waals surface area (Å²) in [5.41, 5.74) is 1.42. The quantitative estimate of drug-likeness (QED) is 0.814. The third-order valence-corrected chi connectivity index (χ3v) is 4.51. The van der Waals surface area contributed by atoms with Gasteiger partial charge in [0.1, 0.15) is 5.75 Å². The summed E-state index contributed by atoms with van der Waals surface area (Å²) in [6.45, 7) is 10.2.